The number of fused-ring (bicyclic) bond motifs is 5. The lowest BCUT2D eigenvalue weighted by Gasteiger charge is -2.20. The van der Waals surface area contributed by atoms with Gasteiger partial charge in [-0.15, -0.1) is 0 Å². The van der Waals surface area contributed by atoms with Crippen molar-refractivity contribution in [1.82, 2.24) is 20.4 Å². The first-order chi connectivity index (χ1) is 12.6. The van der Waals surface area contributed by atoms with Crippen molar-refractivity contribution < 1.29 is 9.59 Å². The number of nitrogens with one attached hydrogen (secondary N) is 2. The van der Waals surface area contributed by atoms with Crippen molar-refractivity contribution >= 4 is 17.8 Å². The molecule has 0 radical (unpaired) electrons. The van der Waals surface area contributed by atoms with Crippen molar-refractivity contribution in [2.24, 2.45) is 28.7 Å². The Balaban J connectivity index is 1.43. The number of amides is 2. The van der Waals surface area contributed by atoms with Crippen LogP contribution in [0.1, 0.15) is 20.3 Å². The maximum Gasteiger partial charge on any atom is 0.233 e. The van der Waals surface area contributed by atoms with Gasteiger partial charge in [-0.2, -0.15) is 0 Å². The Kier molecular flexibility index (Phi) is 5.96. The number of hydrogen-bond donors (Lipinski definition) is 2. The van der Waals surface area contributed by atoms with Gasteiger partial charge in [0.25, 0.3) is 0 Å². The van der Waals surface area contributed by atoms with Crippen LogP contribution in [0.2, 0.25) is 0 Å². The topological polar surface area (TPSA) is 77.0 Å². The van der Waals surface area contributed by atoms with E-state index in [9.17, 15) is 9.59 Å². The predicted octanol–water partition coefficient (Wildman–Crippen LogP) is 0.300. The quantitative estimate of drug-likeness (QED) is 0.281. The normalized spacial score (nSPS) is 29.8. The number of likely N-dealkylation sites (N-methyl/N-ethyl adjacent to an activating group) is 1. The number of hydrogen-bond acceptors (Lipinski definition) is 4. The summed E-state index contributed by atoms with van der Waals surface area (Å²) in [4.78, 5) is 33.3. The highest BCUT2D eigenvalue weighted by atomic mass is 16.2. The Morgan fingerprint density at radius 2 is 1.69 bits per heavy atom. The average molecular weight is 361 g/mol. The van der Waals surface area contributed by atoms with Gasteiger partial charge in [-0.05, 0) is 31.3 Å². The first-order valence-corrected chi connectivity index (χ1v) is 9.81. The van der Waals surface area contributed by atoms with Gasteiger partial charge in [0.2, 0.25) is 11.8 Å². The molecule has 1 saturated heterocycles. The van der Waals surface area contributed by atoms with Crippen LogP contribution in [0.3, 0.4) is 0 Å². The number of guanidine groups is 1. The Morgan fingerprint density at radius 1 is 1.12 bits per heavy atom. The summed E-state index contributed by atoms with van der Waals surface area (Å²) < 4.78 is 0. The SMILES string of the molecule is CCN(CC)CCNC(=NC)NCCN1C(=O)C2C3C=CC(C3)C2C1=O. The van der Waals surface area contributed by atoms with Crippen LogP contribution in [0.4, 0.5) is 0 Å². The monoisotopic (exact) mass is 361 g/mol. The zero-order valence-electron chi connectivity index (χ0n) is 16.1. The Labute approximate surface area is 155 Å². The van der Waals surface area contributed by atoms with Crippen molar-refractivity contribution in [3.63, 3.8) is 0 Å². The Morgan fingerprint density at radius 3 is 2.23 bits per heavy atom. The number of allylic oxidation sites excluding steroid dienone is 2. The van der Waals surface area contributed by atoms with Gasteiger partial charge in [0.15, 0.2) is 5.96 Å². The fourth-order valence-corrected chi connectivity index (χ4v) is 4.56. The molecule has 4 unspecified atom stereocenters. The number of carbonyl (C=O) groups is 2. The third-order valence-corrected chi connectivity index (χ3v) is 6.03. The van der Waals surface area contributed by atoms with E-state index in [-0.39, 0.29) is 35.5 Å². The minimum atomic E-state index is -0.107. The van der Waals surface area contributed by atoms with E-state index in [1.807, 2.05) is 0 Å². The molecule has 0 aromatic carbocycles. The van der Waals surface area contributed by atoms with E-state index in [0.717, 1.165) is 32.6 Å². The van der Waals surface area contributed by atoms with E-state index < -0.39 is 0 Å². The van der Waals surface area contributed by atoms with Crippen LogP contribution < -0.4 is 10.6 Å². The molecule has 2 amide bonds. The van der Waals surface area contributed by atoms with E-state index >= 15 is 0 Å². The van der Waals surface area contributed by atoms with E-state index in [1.165, 1.54) is 4.90 Å². The maximum absolute atomic E-state index is 12.6. The van der Waals surface area contributed by atoms with E-state index in [1.54, 1.807) is 7.05 Å². The molecule has 3 rings (SSSR count). The first kappa shape index (κ1) is 18.9. The molecule has 26 heavy (non-hydrogen) atoms. The molecule has 7 nitrogen and oxygen atoms in total. The van der Waals surface area contributed by atoms with Gasteiger partial charge in [0.05, 0.1) is 11.8 Å². The van der Waals surface area contributed by atoms with E-state index in [4.69, 9.17) is 0 Å². The number of carbonyl (C=O) groups excluding carboxylic acids is 2. The summed E-state index contributed by atoms with van der Waals surface area (Å²) in [7, 11) is 1.73. The van der Waals surface area contributed by atoms with Crippen molar-refractivity contribution in [2.75, 3.05) is 46.3 Å². The standard InChI is InChI=1S/C19H31N5O2/c1-4-23(5-2)10-8-21-19(20-3)22-9-11-24-17(25)15-13-6-7-14(12-13)16(15)18(24)26/h6-7,13-16H,4-5,8-12H2,1-3H3,(H2,20,21,22). The van der Waals surface area contributed by atoms with Gasteiger partial charge in [0.1, 0.15) is 0 Å². The van der Waals surface area contributed by atoms with Crippen molar-refractivity contribution in [3.05, 3.63) is 12.2 Å². The molecule has 1 heterocycles. The second kappa shape index (κ2) is 8.20. The fourth-order valence-electron chi connectivity index (χ4n) is 4.56. The van der Waals surface area contributed by atoms with Gasteiger partial charge >= 0.3 is 0 Å². The minimum absolute atomic E-state index is 0.0168. The fraction of sp³-hybridized carbons (Fsp3) is 0.737. The van der Waals surface area contributed by atoms with Gasteiger partial charge in [0, 0.05) is 33.2 Å². The van der Waals surface area contributed by atoms with Crippen LogP contribution >= 0.6 is 0 Å². The molecule has 1 saturated carbocycles. The molecule has 144 valence electrons. The summed E-state index contributed by atoms with van der Waals surface area (Å²) in [5.74, 6) is 1.07. The van der Waals surface area contributed by atoms with Gasteiger partial charge in [-0.25, -0.2) is 0 Å². The van der Waals surface area contributed by atoms with Crippen LogP contribution in [-0.4, -0.2) is 73.9 Å². The summed E-state index contributed by atoms with van der Waals surface area (Å²) in [6.45, 7) is 9.05. The molecule has 4 atom stereocenters. The van der Waals surface area contributed by atoms with Gasteiger partial charge in [-0.3, -0.25) is 19.5 Å². The lowest BCUT2D eigenvalue weighted by atomic mass is 9.85. The van der Waals surface area contributed by atoms with Crippen LogP contribution in [0, 0.1) is 23.7 Å². The van der Waals surface area contributed by atoms with Crippen molar-refractivity contribution in [2.45, 2.75) is 20.3 Å². The Hall–Kier alpha value is -1.89. The number of aliphatic imine (C=N–C) groups is 1. The number of imide groups is 1. The lowest BCUT2D eigenvalue weighted by Crippen LogP contribution is -2.45. The summed E-state index contributed by atoms with van der Waals surface area (Å²) in [6, 6.07) is 0. The van der Waals surface area contributed by atoms with Crippen molar-refractivity contribution in [1.29, 1.82) is 0 Å². The van der Waals surface area contributed by atoms with Crippen molar-refractivity contribution in [3.8, 4) is 0 Å². The minimum Gasteiger partial charge on any atom is -0.355 e. The molecule has 2 aliphatic carbocycles. The van der Waals surface area contributed by atoms with Gasteiger partial charge < -0.3 is 15.5 Å². The largest absolute Gasteiger partial charge is 0.355 e. The number of likely N-dealkylation sites (tertiary alicyclic amines) is 1. The molecule has 2 bridgehead atoms. The molecular weight excluding hydrogens is 330 g/mol. The highest BCUT2D eigenvalue weighted by Gasteiger charge is 2.58. The van der Waals surface area contributed by atoms with Crippen LogP contribution in [-0.2, 0) is 9.59 Å². The summed E-state index contributed by atoms with van der Waals surface area (Å²) >= 11 is 0. The number of rotatable bonds is 8. The molecule has 3 aliphatic rings. The molecule has 2 N–H and O–H groups in total. The number of nitrogens with zero attached hydrogens (tertiary/aromatic N) is 3. The summed E-state index contributed by atoms with van der Waals surface area (Å²) in [6.07, 6.45) is 5.23. The smallest absolute Gasteiger partial charge is 0.233 e. The molecule has 7 heteroatoms. The molecule has 0 spiro atoms. The lowest BCUT2D eigenvalue weighted by molar-refractivity contribution is -0.140. The molecule has 2 fully saturated rings. The summed E-state index contributed by atoms with van der Waals surface area (Å²) in [5, 5.41) is 6.49. The van der Waals surface area contributed by atoms with Crippen LogP contribution in [0.15, 0.2) is 17.1 Å². The highest BCUT2D eigenvalue weighted by molar-refractivity contribution is 6.06. The second-order valence-electron chi connectivity index (χ2n) is 7.28. The molecular formula is C19H31N5O2. The Bertz CT molecular complexity index is 569. The average Bonchev–Trinajstić information content (AvgIpc) is 3.33. The maximum atomic E-state index is 12.6. The van der Waals surface area contributed by atoms with E-state index in [0.29, 0.717) is 19.0 Å². The molecule has 1 aliphatic heterocycles. The van der Waals surface area contributed by atoms with Crippen LogP contribution in [0.25, 0.3) is 0 Å². The third-order valence-electron chi connectivity index (χ3n) is 6.03. The first-order valence-electron chi connectivity index (χ1n) is 9.81. The zero-order valence-corrected chi connectivity index (χ0v) is 16.1. The zero-order chi connectivity index (χ0) is 18.7. The van der Waals surface area contributed by atoms with Gasteiger partial charge in [-0.1, -0.05) is 26.0 Å². The highest BCUT2D eigenvalue weighted by Crippen LogP contribution is 2.52. The third kappa shape index (κ3) is 3.49. The summed E-state index contributed by atoms with van der Waals surface area (Å²) in [5.41, 5.74) is 0. The molecule has 0 aromatic rings. The van der Waals surface area contributed by atoms with Crippen LogP contribution in [0.5, 0.6) is 0 Å². The second-order valence-corrected chi connectivity index (χ2v) is 7.28. The van der Waals surface area contributed by atoms with E-state index in [2.05, 4.69) is 46.5 Å². The molecule has 0 aromatic heterocycles. The predicted molar refractivity (Wildman–Crippen MR) is 102 cm³/mol.